The van der Waals surface area contributed by atoms with Gasteiger partial charge < -0.3 is 8.83 Å². The van der Waals surface area contributed by atoms with Crippen molar-refractivity contribution in [3.8, 4) is 22.3 Å². The summed E-state index contributed by atoms with van der Waals surface area (Å²) in [5.41, 5.74) is 8.52. The van der Waals surface area contributed by atoms with E-state index in [1.165, 1.54) is 32.7 Å². The van der Waals surface area contributed by atoms with Crippen LogP contribution in [0.5, 0.6) is 0 Å². The zero-order valence-electron chi connectivity index (χ0n) is 22.4. The molecule has 8 rings (SSSR count). The van der Waals surface area contributed by atoms with Gasteiger partial charge in [0, 0.05) is 44.0 Å². The van der Waals surface area contributed by atoms with Gasteiger partial charge in [0.2, 0.25) is 0 Å². The molecule has 0 aliphatic rings. The average molecular weight is 515 g/mol. The Bertz CT molecular complexity index is 2230. The molecule has 0 fully saturated rings. The van der Waals surface area contributed by atoms with Crippen LogP contribution in [0.2, 0.25) is 0 Å². The van der Waals surface area contributed by atoms with Crippen molar-refractivity contribution >= 4 is 60.5 Å². The number of allylic oxidation sites excluding steroid dienone is 1. The van der Waals surface area contributed by atoms with Crippen LogP contribution in [0.1, 0.15) is 18.2 Å². The van der Waals surface area contributed by atoms with Crippen LogP contribution in [-0.2, 0) is 0 Å². The highest BCUT2D eigenvalue weighted by molar-refractivity contribution is 6.25. The van der Waals surface area contributed by atoms with E-state index in [-0.39, 0.29) is 0 Å². The highest BCUT2D eigenvalue weighted by atomic mass is 16.3. The van der Waals surface area contributed by atoms with Crippen LogP contribution in [0, 0.1) is 6.92 Å². The molecule has 0 spiro atoms. The van der Waals surface area contributed by atoms with Crippen molar-refractivity contribution in [2.75, 3.05) is 0 Å². The molecule has 8 aromatic rings. The summed E-state index contributed by atoms with van der Waals surface area (Å²) >= 11 is 0. The van der Waals surface area contributed by atoms with Crippen molar-refractivity contribution in [2.45, 2.75) is 13.8 Å². The first kappa shape index (κ1) is 22.9. The maximum atomic E-state index is 6.53. The zero-order chi connectivity index (χ0) is 26.8. The average Bonchev–Trinajstić information content (AvgIpc) is 3.54. The fourth-order valence-electron chi connectivity index (χ4n) is 6.42. The molecule has 0 radical (unpaired) electrons. The Labute approximate surface area is 231 Å². The summed E-state index contributed by atoms with van der Waals surface area (Å²) in [4.78, 5) is 0. The predicted molar refractivity (Wildman–Crippen MR) is 169 cm³/mol. The van der Waals surface area contributed by atoms with Gasteiger partial charge in [0.1, 0.15) is 22.5 Å². The minimum Gasteiger partial charge on any atom is -0.456 e. The highest BCUT2D eigenvalue weighted by Gasteiger charge is 2.22. The molecule has 6 aromatic carbocycles. The third-order valence-electron chi connectivity index (χ3n) is 8.19. The molecule has 0 amide bonds. The molecule has 2 aromatic heterocycles. The Balaban J connectivity index is 1.53. The van der Waals surface area contributed by atoms with Gasteiger partial charge in [-0.3, -0.25) is 0 Å². The molecule has 0 aliphatic heterocycles. The van der Waals surface area contributed by atoms with Crippen LogP contribution in [0.15, 0.2) is 124 Å². The number of hydrogen-bond acceptors (Lipinski definition) is 2. The molecule has 0 atom stereocenters. The van der Waals surface area contributed by atoms with Gasteiger partial charge in [0.15, 0.2) is 0 Å². The van der Waals surface area contributed by atoms with Crippen molar-refractivity contribution in [3.63, 3.8) is 0 Å². The third-order valence-corrected chi connectivity index (χ3v) is 8.19. The molecule has 2 heteroatoms. The zero-order valence-corrected chi connectivity index (χ0v) is 22.4. The molecule has 2 heterocycles. The summed E-state index contributed by atoms with van der Waals surface area (Å²) in [5.74, 6) is 0.909. The number of hydrogen-bond donors (Lipinski definition) is 0. The van der Waals surface area contributed by atoms with E-state index >= 15 is 0 Å². The van der Waals surface area contributed by atoms with E-state index in [2.05, 4.69) is 104 Å². The lowest BCUT2D eigenvalue weighted by Crippen LogP contribution is -1.91. The monoisotopic (exact) mass is 514 g/mol. The van der Waals surface area contributed by atoms with E-state index in [0.29, 0.717) is 0 Å². The van der Waals surface area contributed by atoms with Crippen LogP contribution < -0.4 is 0 Å². The van der Waals surface area contributed by atoms with Gasteiger partial charge in [-0.25, -0.2) is 0 Å². The SMILES string of the molecule is C/C=C\c1oc2c(-c3c4ccccc4c(-c4cccc5c4oc4ccccc45)c4ccccc34)cccc2c1C. The lowest BCUT2D eigenvalue weighted by Gasteiger charge is -2.18. The number of benzene rings is 6. The van der Waals surface area contributed by atoms with Crippen LogP contribution in [-0.4, -0.2) is 0 Å². The van der Waals surface area contributed by atoms with E-state index in [9.17, 15) is 0 Å². The maximum absolute atomic E-state index is 6.53. The summed E-state index contributed by atoms with van der Waals surface area (Å²) < 4.78 is 13.1. The van der Waals surface area contributed by atoms with Crippen molar-refractivity contribution < 1.29 is 8.83 Å². The standard InChI is InChI=1S/C38H26O2/c1-3-12-33-23(2)24-18-10-20-31(37(24)39-33)35-26-14-4-6-16-28(26)36(29-17-7-5-15-27(29)35)32-21-11-19-30-25-13-8-9-22-34(25)40-38(30)32/h3-22H,1-2H3/b12-3-. The Morgan fingerprint density at radius 1 is 0.475 bits per heavy atom. The van der Waals surface area contributed by atoms with E-state index in [0.717, 1.165) is 55.4 Å². The molecule has 2 nitrogen and oxygen atoms in total. The Morgan fingerprint density at radius 2 is 0.950 bits per heavy atom. The molecular formula is C38H26O2. The van der Waals surface area contributed by atoms with Crippen LogP contribution in [0.25, 0.3) is 82.8 Å². The number of rotatable bonds is 3. The second-order valence-corrected chi connectivity index (χ2v) is 10.4. The fraction of sp³-hybridized carbons (Fsp3) is 0.0526. The Kier molecular flexibility index (Phi) is 4.99. The quantitative estimate of drug-likeness (QED) is 0.219. The second-order valence-electron chi connectivity index (χ2n) is 10.4. The first-order chi connectivity index (χ1) is 19.7. The molecule has 0 N–H and O–H groups in total. The summed E-state index contributed by atoms with van der Waals surface area (Å²) in [6.07, 6.45) is 4.08. The lowest BCUT2D eigenvalue weighted by atomic mass is 9.85. The lowest BCUT2D eigenvalue weighted by molar-refractivity contribution is 0.602. The van der Waals surface area contributed by atoms with Gasteiger partial charge in [0.05, 0.1) is 0 Å². The van der Waals surface area contributed by atoms with E-state index < -0.39 is 0 Å². The van der Waals surface area contributed by atoms with Crippen molar-refractivity contribution in [1.82, 2.24) is 0 Å². The molecule has 0 bridgehead atoms. The molecule has 40 heavy (non-hydrogen) atoms. The summed E-state index contributed by atoms with van der Waals surface area (Å²) in [6, 6.07) is 38.7. The highest BCUT2D eigenvalue weighted by Crippen LogP contribution is 2.48. The normalized spacial score (nSPS) is 12.2. The largest absolute Gasteiger partial charge is 0.456 e. The van der Waals surface area contributed by atoms with Gasteiger partial charge in [0.25, 0.3) is 0 Å². The van der Waals surface area contributed by atoms with Crippen molar-refractivity contribution in [3.05, 3.63) is 127 Å². The van der Waals surface area contributed by atoms with Gasteiger partial charge in [-0.05, 0) is 47.5 Å². The molecule has 0 saturated carbocycles. The third kappa shape index (κ3) is 3.17. The van der Waals surface area contributed by atoms with E-state index in [4.69, 9.17) is 8.83 Å². The van der Waals surface area contributed by atoms with Gasteiger partial charge in [-0.2, -0.15) is 0 Å². The predicted octanol–water partition coefficient (Wildman–Crippen LogP) is 11.3. The summed E-state index contributed by atoms with van der Waals surface area (Å²) in [6.45, 7) is 4.16. The topological polar surface area (TPSA) is 26.3 Å². The second kappa shape index (κ2) is 8.72. The smallest absolute Gasteiger partial charge is 0.143 e. The van der Waals surface area contributed by atoms with Gasteiger partial charge >= 0.3 is 0 Å². The van der Waals surface area contributed by atoms with Gasteiger partial charge in [-0.1, -0.05) is 109 Å². The van der Waals surface area contributed by atoms with E-state index in [1.807, 2.05) is 31.2 Å². The maximum Gasteiger partial charge on any atom is 0.143 e. The Morgan fingerprint density at radius 3 is 1.52 bits per heavy atom. The fourth-order valence-corrected chi connectivity index (χ4v) is 6.42. The number of furan rings is 2. The van der Waals surface area contributed by atoms with Crippen molar-refractivity contribution in [2.24, 2.45) is 0 Å². The first-order valence-corrected chi connectivity index (χ1v) is 13.7. The summed E-state index contributed by atoms with van der Waals surface area (Å²) in [7, 11) is 0. The molecule has 0 unspecified atom stereocenters. The summed E-state index contributed by atoms with van der Waals surface area (Å²) in [5, 5.41) is 8.20. The minimum absolute atomic E-state index is 0.909. The number of aryl methyl sites for hydroxylation is 1. The molecular weight excluding hydrogens is 488 g/mol. The first-order valence-electron chi connectivity index (χ1n) is 13.7. The van der Waals surface area contributed by atoms with Crippen LogP contribution in [0.3, 0.4) is 0 Å². The molecule has 190 valence electrons. The molecule has 0 saturated heterocycles. The van der Waals surface area contributed by atoms with Crippen molar-refractivity contribution in [1.29, 1.82) is 0 Å². The number of fused-ring (bicyclic) bond motifs is 6. The Hall–Kier alpha value is -5.08. The van der Waals surface area contributed by atoms with Gasteiger partial charge in [-0.15, -0.1) is 0 Å². The van der Waals surface area contributed by atoms with Crippen LogP contribution in [0.4, 0.5) is 0 Å². The van der Waals surface area contributed by atoms with Crippen LogP contribution >= 0.6 is 0 Å². The van der Waals surface area contributed by atoms with E-state index in [1.54, 1.807) is 0 Å². The minimum atomic E-state index is 0.909. The molecule has 0 aliphatic carbocycles. The number of para-hydroxylation sites is 3.